The molecular weight excluding hydrogens is 308 g/mol. The predicted octanol–water partition coefficient (Wildman–Crippen LogP) is 4.52. The molecule has 22 heavy (non-hydrogen) atoms. The third kappa shape index (κ3) is 1.84. The zero-order valence-electron chi connectivity index (χ0n) is 11.5. The average Bonchev–Trinajstić information content (AvgIpc) is 2.58. The van der Waals surface area contributed by atoms with Crippen LogP contribution in [-0.4, -0.2) is 0 Å². The highest BCUT2D eigenvalue weighted by Crippen LogP contribution is 2.44. The van der Waals surface area contributed by atoms with E-state index < -0.39 is 0 Å². The standard InChI is InChI=1S/C18H10N2S2/c1-3-7-15-11(5-1)19-13-9-10-14-18(17(13)21-15)22-16-8-4-2-6-12(16)20-14/h1-10H. The van der Waals surface area contributed by atoms with Crippen molar-refractivity contribution in [2.24, 2.45) is 9.98 Å². The summed E-state index contributed by atoms with van der Waals surface area (Å²) in [5.74, 6) is 0. The van der Waals surface area contributed by atoms with Crippen LogP contribution in [0.2, 0.25) is 0 Å². The van der Waals surface area contributed by atoms with Gasteiger partial charge < -0.3 is 0 Å². The Morgan fingerprint density at radius 2 is 1.00 bits per heavy atom. The van der Waals surface area contributed by atoms with E-state index in [4.69, 9.17) is 9.98 Å². The zero-order chi connectivity index (χ0) is 14.5. The van der Waals surface area contributed by atoms with E-state index >= 15 is 0 Å². The van der Waals surface area contributed by atoms with Gasteiger partial charge in [-0.1, -0.05) is 47.8 Å². The van der Waals surface area contributed by atoms with Gasteiger partial charge in [0.1, 0.15) is 0 Å². The molecule has 2 aliphatic heterocycles. The van der Waals surface area contributed by atoms with Crippen molar-refractivity contribution in [1.82, 2.24) is 0 Å². The molecule has 0 saturated carbocycles. The van der Waals surface area contributed by atoms with Crippen molar-refractivity contribution in [2.45, 2.75) is 19.6 Å². The van der Waals surface area contributed by atoms with Gasteiger partial charge in [0, 0.05) is 9.79 Å². The lowest BCUT2D eigenvalue weighted by Crippen LogP contribution is -2.18. The third-order valence-electron chi connectivity index (χ3n) is 3.71. The molecule has 0 fully saturated rings. The predicted molar refractivity (Wildman–Crippen MR) is 89.2 cm³/mol. The SMILES string of the molecule is c1ccc2c(c1)N=c1ccc3c(c1S2)Sc1ccccc1N=3. The summed E-state index contributed by atoms with van der Waals surface area (Å²) in [5.41, 5.74) is 2.11. The van der Waals surface area contributed by atoms with Gasteiger partial charge in [0.2, 0.25) is 0 Å². The molecular formula is C18H10N2S2. The van der Waals surface area contributed by atoms with E-state index in [1.165, 1.54) is 19.6 Å². The van der Waals surface area contributed by atoms with Crippen molar-refractivity contribution < 1.29 is 0 Å². The van der Waals surface area contributed by atoms with Crippen molar-refractivity contribution >= 4 is 34.9 Å². The van der Waals surface area contributed by atoms with Gasteiger partial charge in [-0.3, -0.25) is 0 Å². The second-order valence-electron chi connectivity index (χ2n) is 5.13. The van der Waals surface area contributed by atoms with Gasteiger partial charge in [0.15, 0.2) is 0 Å². The van der Waals surface area contributed by atoms with E-state index in [0.29, 0.717) is 0 Å². The van der Waals surface area contributed by atoms with E-state index in [2.05, 4.69) is 48.5 Å². The van der Waals surface area contributed by atoms with Crippen LogP contribution in [-0.2, 0) is 0 Å². The van der Waals surface area contributed by atoms with E-state index in [-0.39, 0.29) is 0 Å². The quantitative estimate of drug-likeness (QED) is 0.419. The van der Waals surface area contributed by atoms with Gasteiger partial charge >= 0.3 is 0 Å². The van der Waals surface area contributed by atoms with Crippen molar-refractivity contribution in [3.8, 4) is 0 Å². The summed E-state index contributed by atoms with van der Waals surface area (Å²) in [6.07, 6.45) is 0. The molecule has 0 N–H and O–H groups in total. The molecule has 5 rings (SSSR count). The second kappa shape index (κ2) is 4.73. The highest BCUT2D eigenvalue weighted by Gasteiger charge is 2.20. The molecule has 0 radical (unpaired) electrons. The molecule has 3 aromatic rings. The fourth-order valence-corrected chi connectivity index (χ4v) is 4.92. The van der Waals surface area contributed by atoms with Crippen molar-refractivity contribution in [1.29, 1.82) is 0 Å². The Morgan fingerprint density at radius 3 is 1.50 bits per heavy atom. The van der Waals surface area contributed by atoms with Gasteiger partial charge in [-0.2, -0.15) is 0 Å². The molecule has 3 aromatic carbocycles. The maximum absolute atomic E-state index is 4.80. The van der Waals surface area contributed by atoms with Crippen LogP contribution in [0.5, 0.6) is 0 Å². The first-order chi connectivity index (χ1) is 10.9. The van der Waals surface area contributed by atoms with Crippen LogP contribution in [0, 0.1) is 0 Å². The molecule has 0 aliphatic carbocycles. The molecule has 2 aliphatic rings. The molecule has 0 aromatic heterocycles. The molecule has 2 nitrogen and oxygen atoms in total. The minimum absolute atomic E-state index is 1.05. The van der Waals surface area contributed by atoms with E-state index in [1.54, 1.807) is 23.5 Å². The van der Waals surface area contributed by atoms with Crippen molar-refractivity contribution in [3.05, 3.63) is 71.4 Å². The van der Waals surface area contributed by atoms with Crippen LogP contribution in [0.15, 0.2) is 90.2 Å². The van der Waals surface area contributed by atoms with Gasteiger partial charge in [0.25, 0.3) is 0 Å². The number of para-hydroxylation sites is 2. The minimum atomic E-state index is 1.05. The molecule has 0 atom stereocenters. The number of hydrogen-bond donors (Lipinski definition) is 0. The van der Waals surface area contributed by atoms with Crippen LogP contribution >= 0.6 is 23.5 Å². The lowest BCUT2D eigenvalue weighted by molar-refractivity contribution is 1.03. The Balaban J connectivity index is 1.80. The molecule has 0 bridgehead atoms. The van der Waals surface area contributed by atoms with Gasteiger partial charge in [-0.15, -0.1) is 0 Å². The Bertz CT molecular complexity index is 957. The molecule has 0 spiro atoms. The second-order valence-corrected chi connectivity index (χ2v) is 7.23. The highest BCUT2D eigenvalue weighted by atomic mass is 32.2. The zero-order valence-corrected chi connectivity index (χ0v) is 13.1. The third-order valence-corrected chi connectivity index (χ3v) is 6.20. The first kappa shape index (κ1) is 12.5. The Morgan fingerprint density at radius 1 is 0.545 bits per heavy atom. The summed E-state index contributed by atoms with van der Waals surface area (Å²) in [4.78, 5) is 14.5. The lowest BCUT2D eigenvalue weighted by Gasteiger charge is -2.18. The number of rotatable bonds is 0. The van der Waals surface area contributed by atoms with Gasteiger partial charge in [-0.25, -0.2) is 9.98 Å². The normalized spacial score (nSPS) is 13.8. The van der Waals surface area contributed by atoms with Crippen LogP contribution < -0.4 is 10.7 Å². The largest absolute Gasteiger partial charge is 0.247 e. The average molecular weight is 318 g/mol. The highest BCUT2D eigenvalue weighted by molar-refractivity contribution is 8.02. The van der Waals surface area contributed by atoms with E-state index in [1.807, 2.05) is 12.1 Å². The Hall–Kier alpha value is -2.04. The molecule has 104 valence electrons. The molecule has 0 saturated heterocycles. The van der Waals surface area contributed by atoms with Crippen molar-refractivity contribution in [2.75, 3.05) is 0 Å². The summed E-state index contributed by atoms with van der Waals surface area (Å²) in [6, 6.07) is 20.7. The maximum Gasteiger partial charge on any atom is 0.0789 e. The summed E-state index contributed by atoms with van der Waals surface area (Å²) in [7, 11) is 0. The summed E-state index contributed by atoms with van der Waals surface area (Å²) in [6.45, 7) is 0. The summed E-state index contributed by atoms with van der Waals surface area (Å²) >= 11 is 3.59. The number of hydrogen-bond acceptors (Lipinski definition) is 4. The fourth-order valence-electron chi connectivity index (χ4n) is 2.67. The van der Waals surface area contributed by atoms with E-state index in [9.17, 15) is 0 Å². The first-order valence-electron chi connectivity index (χ1n) is 7.03. The summed E-state index contributed by atoms with van der Waals surface area (Å²) in [5, 5.41) is 2.09. The Labute approximate surface area is 136 Å². The maximum atomic E-state index is 4.80. The molecule has 4 heteroatoms. The van der Waals surface area contributed by atoms with Gasteiger partial charge in [-0.05, 0) is 36.4 Å². The van der Waals surface area contributed by atoms with Gasteiger partial charge in [0.05, 0.1) is 31.9 Å². The molecule has 0 amide bonds. The van der Waals surface area contributed by atoms with Crippen LogP contribution in [0.4, 0.5) is 11.4 Å². The Kier molecular flexibility index (Phi) is 2.69. The van der Waals surface area contributed by atoms with E-state index in [0.717, 1.165) is 22.1 Å². The van der Waals surface area contributed by atoms with Crippen LogP contribution in [0.3, 0.4) is 0 Å². The minimum Gasteiger partial charge on any atom is -0.247 e. The smallest absolute Gasteiger partial charge is 0.0789 e. The number of fused-ring (bicyclic) bond motifs is 5. The fraction of sp³-hybridized carbons (Fsp3) is 0. The molecule has 2 heterocycles. The van der Waals surface area contributed by atoms with Crippen LogP contribution in [0.25, 0.3) is 0 Å². The molecule has 0 unspecified atom stereocenters. The van der Waals surface area contributed by atoms with Crippen LogP contribution in [0.1, 0.15) is 0 Å². The monoisotopic (exact) mass is 318 g/mol. The van der Waals surface area contributed by atoms with Crippen molar-refractivity contribution in [3.63, 3.8) is 0 Å². The topological polar surface area (TPSA) is 24.7 Å². The number of nitrogens with zero attached hydrogens (tertiary/aromatic N) is 2. The number of benzene rings is 3. The first-order valence-corrected chi connectivity index (χ1v) is 8.66. The summed E-state index contributed by atoms with van der Waals surface area (Å²) < 4.78 is 0. The lowest BCUT2D eigenvalue weighted by atomic mass is 10.2.